The number of methoxy groups -OCH3 is 1. The Labute approximate surface area is 126 Å². The van der Waals surface area contributed by atoms with Gasteiger partial charge in [0.25, 0.3) is 0 Å². The highest BCUT2D eigenvalue weighted by atomic mass is 32.2. The summed E-state index contributed by atoms with van der Waals surface area (Å²) < 4.78 is 28.9. The molecule has 21 heavy (non-hydrogen) atoms. The fourth-order valence-electron chi connectivity index (χ4n) is 2.56. The Morgan fingerprint density at radius 3 is 2.62 bits per heavy atom. The minimum absolute atomic E-state index is 0.0751. The molecule has 2 rings (SSSR count). The third kappa shape index (κ3) is 3.87. The molecule has 1 aliphatic rings. The van der Waals surface area contributed by atoms with Crippen LogP contribution in [0.25, 0.3) is 0 Å². The number of sulfonamides is 1. The van der Waals surface area contributed by atoms with Crippen LogP contribution < -0.4 is 15.8 Å². The maximum atomic E-state index is 11.9. The Bertz CT molecular complexity index is 599. The van der Waals surface area contributed by atoms with Crippen molar-refractivity contribution in [1.29, 1.82) is 0 Å². The number of nitrogens with zero attached hydrogens (tertiary/aromatic N) is 1. The van der Waals surface area contributed by atoms with Gasteiger partial charge in [0.05, 0.1) is 12.3 Å². The molecule has 0 bridgehead atoms. The molecule has 1 aromatic carbocycles. The third-order valence-corrected chi connectivity index (χ3v) is 4.87. The lowest BCUT2D eigenvalue weighted by atomic mass is 10.1. The van der Waals surface area contributed by atoms with Crippen LogP contribution in [0.1, 0.15) is 19.8 Å². The molecule has 0 aliphatic heterocycles. The van der Waals surface area contributed by atoms with Gasteiger partial charge in [-0.2, -0.15) is 0 Å². The first-order valence-electron chi connectivity index (χ1n) is 7.02. The molecule has 1 saturated carbocycles. The van der Waals surface area contributed by atoms with Gasteiger partial charge in [-0.3, -0.25) is 0 Å². The summed E-state index contributed by atoms with van der Waals surface area (Å²) in [4.78, 5) is 2.13. The normalized spacial score (nSPS) is 16.7. The number of anilines is 2. The smallest absolute Gasteiger partial charge is 0.240 e. The number of benzene rings is 1. The number of ether oxygens (including phenoxy) is 1. The molecule has 7 heteroatoms. The van der Waals surface area contributed by atoms with Crippen molar-refractivity contribution in [3.63, 3.8) is 0 Å². The fourth-order valence-corrected chi connectivity index (χ4v) is 3.34. The zero-order chi connectivity index (χ0) is 15.6. The molecule has 118 valence electrons. The van der Waals surface area contributed by atoms with Gasteiger partial charge in [-0.15, -0.1) is 0 Å². The van der Waals surface area contributed by atoms with Crippen molar-refractivity contribution < 1.29 is 13.2 Å². The molecule has 0 amide bonds. The minimum Gasteiger partial charge on any atom is -0.399 e. The van der Waals surface area contributed by atoms with Crippen LogP contribution in [0, 0.1) is 5.92 Å². The topological polar surface area (TPSA) is 98.7 Å². The third-order valence-electron chi connectivity index (χ3n) is 3.93. The van der Waals surface area contributed by atoms with E-state index in [1.165, 1.54) is 18.9 Å². The Kier molecular flexibility index (Phi) is 4.75. The molecule has 1 aromatic rings. The number of rotatable bonds is 7. The highest BCUT2D eigenvalue weighted by Gasteiger charge is 2.33. The zero-order valence-electron chi connectivity index (χ0n) is 12.5. The molecule has 1 aliphatic carbocycles. The Morgan fingerprint density at radius 2 is 2.10 bits per heavy atom. The van der Waals surface area contributed by atoms with Gasteiger partial charge in [-0.25, -0.2) is 13.6 Å². The van der Waals surface area contributed by atoms with Crippen molar-refractivity contribution >= 4 is 21.4 Å². The van der Waals surface area contributed by atoms with Crippen LogP contribution >= 0.6 is 0 Å². The van der Waals surface area contributed by atoms with E-state index in [-0.39, 0.29) is 10.9 Å². The molecular formula is C14H23N3O3S. The van der Waals surface area contributed by atoms with Crippen molar-refractivity contribution in [2.24, 2.45) is 11.1 Å². The number of hydrogen-bond donors (Lipinski definition) is 2. The van der Waals surface area contributed by atoms with Gasteiger partial charge in [-0.05, 0) is 43.9 Å². The zero-order valence-corrected chi connectivity index (χ0v) is 13.3. The Morgan fingerprint density at radius 1 is 1.43 bits per heavy atom. The van der Waals surface area contributed by atoms with Gasteiger partial charge in [0.15, 0.2) is 0 Å². The van der Waals surface area contributed by atoms with E-state index in [1.807, 2.05) is 0 Å². The van der Waals surface area contributed by atoms with E-state index < -0.39 is 10.0 Å². The molecule has 0 heterocycles. The van der Waals surface area contributed by atoms with Crippen LogP contribution in [0.3, 0.4) is 0 Å². The van der Waals surface area contributed by atoms with Gasteiger partial charge in [0.1, 0.15) is 4.90 Å². The van der Waals surface area contributed by atoms with Gasteiger partial charge in [0, 0.05) is 25.4 Å². The average Bonchev–Trinajstić information content (AvgIpc) is 3.23. The number of nitrogens with two attached hydrogens (primary N) is 2. The minimum atomic E-state index is -3.83. The predicted molar refractivity (Wildman–Crippen MR) is 83.6 cm³/mol. The monoisotopic (exact) mass is 313 g/mol. The summed E-state index contributed by atoms with van der Waals surface area (Å²) in [6.45, 7) is 3.24. The molecule has 1 atom stereocenters. The number of nitrogen functional groups attached to an aromatic ring is 1. The van der Waals surface area contributed by atoms with E-state index in [1.54, 1.807) is 19.2 Å². The van der Waals surface area contributed by atoms with Crippen LogP contribution in [0.4, 0.5) is 11.4 Å². The van der Waals surface area contributed by atoms with Crippen molar-refractivity contribution in [2.75, 3.05) is 30.9 Å². The average molecular weight is 313 g/mol. The predicted octanol–water partition coefficient (Wildman–Crippen LogP) is 1.17. The van der Waals surface area contributed by atoms with E-state index in [4.69, 9.17) is 15.6 Å². The summed E-state index contributed by atoms with van der Waals surface area (Å²) >= 11 is 0. The molecular weight excluding hydrogens is 290 g/mol. The lowest BCUT2D eigenvalue weighted by Crippen LogP contribution is -2.38. The number of primary sulfonamides is 1. The summed E-state index contributed by atoms with van der Waals surface area (Å²) in [6.07, 6.45) is 2.34. The van der Waals surface area contributed by atoms with Gasteiger partial charge < -0.3 is 15.4 Å². The second kappa shape index (κ2) is 6.21. The molecule has 4 N–H and O–H groups in total. The van der Waals surface area contributed by atoms with Crippen LogP contribution in [0.5, 0.6) is 0 Å². The van der Waals surface area contributed by atoms with Gasteiger partial charge in [0.2, 0.25) is 10.0 Å². The quantitative estimate of drug-likeness (QED) is 0.736. The molecule has 1 unspecified atom stereocenters. The van der Waals surface area contributed by atoms with Crippen molar-refractivity contribution in [3.05, 3.63) is 18.2 Å². The molecule has 0 spiro atoms. The van der Waals surface area contributed by atoms with Crippen LogP contribution in [0.2, 0.25) is 0 Å². The second-order valence-corrected chi connectivity index (χ2v) is 7.07. The van der Waals surface area contributed by atoms with Crippen molar-refractivity contribution in [2.45, 2.75) is 30.7 Å². The number of hydrogen-bond acceptors (Lipinski definition) is 5. The summed E-state index contributed by atoms with van der Waals surface area (Å²) in [7, 11) is -2.20. The highest BCUT2D eigenvalue weighted by Crippen LogP contribution is 2.38. The van der Waals surface area contributed by atoms with E-state index in [2.05, 4.69) is 11.8 Å². The van der Waals surface area contributed by atoms with Gasteiger partial charge in [-0.1, -0.05) is 0 Å². The SMILES string of the molecule is COCCN(c1ccc(N)cc1S(N)(=O)=O)C(C)C1CC1. The summed E-state index contributed by atoms with van der Waals surface area (Å²) in [6, 6.07) is 5.08. The summed E-state index contributed by atoms with van der Waals surface area (Å²) in [5, 5.41) is 5.34. The molecule has 1 fully saturated rings. The van der Waals surface area contributed by atoms with Crippen molar-refractivity contribution in [3.8, 4) is 0 Å². The van der Waals surface area contributed by atoms with Crippen molar-refractivity contribution in [1.82, 2.24) is 0 Å². The Balaban J connectivity index is 2.43. The summed E-state index contributed by atoms with van der Waals surface area (Å²) in [5.74, 6) is 0.590. The first kappa shape index (κ1) is 16.1. The molecule has 0 radical (unpaired) electrons. The Hall–Kier alpha value is -1.31. The second-order valence-electron chi connectivity index (χ2n) is 5.54. The molecule has 0 saturated heterocycles. The maximum Gasteiger partial charge on any atom is 0.240 e. The maximum absolute atomic E-state index is 11.9. The van der Waals surface area contributed by atoms with E-state index in [0.29, 0.717) is 30.4 Å². The standard InChI is InChI=1S/C14H23N3O3S/c1-10(11-3-4-11)17(7-8-20-2)13-6-5-12(15)9-14(13)21(16,18)19/h5-6,9-11H,3-4,7-8,15H2,1-2H3,(H2,16,18,19). The molecule has 0 aromatic heterocycles. The van der Waals surface area contributed by atoms with E-state index in [9.17, 15) is 8.42 Å². The van der Waals surface area contributed by atoms with Crippen LogP contribution in [-0.4, -0.2) is 34.7 Å². The van der Waals surface area contributed by atoms with Crippen LogP contribution in [0.15, 0.2) is 23.1 Å². The lowest BCUT2D eigenvalue weighted by molar-refractivity contribution is 0.202. The van der Waals surface area contributed by atoms with E-state index >= 15 is 0 Å². The van der Waals surface area contributed by atoms with E-state index in [0.717, 1.165) is 0 Å². The first-order valence-corrected chi connectivity index (χ1v) is 8.57. The summed E-state index contributed by atoms with van der Waals surface area (Å²) in [5.41, 5.74) is 6.69. The first-order chi connectivity index (χ1) is 9.84. The van der Waals surface area contributed by atoms with Gasteiger partial charge >= 0.3 is 0 Å². The lowest BCUT2D eigenvalue weighted by Gasteiger charge is -2.32. The highest BCUT2D eigenvalue weighted by molar-refractivity contribution is 7.89. The van der Waals surface area contributed by atoms with Crippen LogP contribution in [-0.2, 0) is 14.8 Å². The largest absolute Gasteiger partial charge is 0.399 e. The fraction of sp³-hybridized carbons (Fsp3) is 0.571. The molecule has 6 nitrogen and oxygen atoms in total.